The SMILES string of the molecule is CNc1ccc(N)cc1.NN(CC(=O)O)CC(=O)O.O=S(=O)(O)O. The van der Waals surface area contributed by atoms with Gasteiger partial charge in [0.25, 0.3) is 0 Å². The van der Waals surface area contributed by atoms with Crippen molar-refractivity contribution in [1.29, 1.82) is 0 Å². The third-order valence-electron chi connectivity index (χ3n) is 1.88. The lowest BCUT2D eigenvalue weighted by atomic mass is 10.3. The average Bonchev–Trinajstić information content (AvgIpc) is 2.36. The molecular formula is C11H20N4O8S. The van der Waals surface area contributed by atoms with Gasteiger partial charge >= 0.3 is 22.3 Å². The van der Waals surface area contributed by atoms with Crippen LogP contribution in [0.4, 0.5) is 11.4 Å². The largest absolute Gasteiger partial charge is 0.480 e. The molecule has 1 rings (SSSR count). The lowest BCUT2D eigenvalue weighted by molar-refractivity contribution is -0.141. The van der Waals surface area contributed by atoms with Crippen molar-refractivity contribution in [3.8, 4) is 0 Å². The predicted molar refractivity (Wildman–Crippen MR) is 85.6 cm³/mol. The molecule has 0 aliphatic carbocycles. The van der Waals surface area contributed by atoms with Crippen LogP contribution in [0, 0.1) is 0 Å². The number of hydrogen-bond donors (Lipinski definition) is 7. The quantitative estimate of drug-likeness (QED) is 0.144. The number of benzene rings is 1. The first-order valence-corrected chi connectivity index (χ1v) is 7.41. The van der Waals surface area contributed by atoms with Gasteiger partial charge < -0.3 is 21.3 Å². The van der Waals surface area contributed by atoms with Gasteiger partial charge in [-0.1, -0.05) is 0 Å². The molecule has 12 nitrogen and oxygen atoms in total. The molecule has 9 N–H and O–H groups in total. The second-order valence-corrected chi connectivity index (χ2v) is 4.91. The minimum Gasteiger partial charge on any atom is -0.480 e. The van der Waals surface area contributed by atoms with E-state index in [0.29, 0.717) is 5.01 Å². The minimum atomic E-state index is -4.67. The molecule has 0 saturated carbocycles. The molecule has 1 aromatic rings. The number of anilines is 2. The molecule has 0 saturated heterocycles. The second kappa shape index (κ2) is 12.0. The molecule has 0 fully saturated rings. The van der Waals surface area contributed by atoms with E-state index in [9.17, 15) is 9.59 Å². The van der Waals surface area contributed by atoms with Crippen LogP contribution in [0.25, 0.3) is 0 Å². The number of nitrogen functional groups attached to an aromatic ring is 1. The Balaban J connectivity index is 0. The number of rotatable bonds is 5. The molecule has 0 amide bonds. The number of nitrogens with zero attached hydrogens (tertiary/aromatic N) is 1. The number of nitrogens with two attached hydrogens (primary N) is 2. The van der Waals surface area contributed by atoms with Crippen LogP contribution in [0.5, 0.6) is 0 Å². The molecule has 0 heterocycles. The van der Waals surface area contributed by atoms with Crippen molar-refractivity contribution in [2.24, 2.45) is 5.84 Å². The van der Waals surface area contributed by atoms with E-state index < -0.39 is 35.4 Å². The van der Waals surface area contributed by atoms with E-state index in [2.05, 4.69) is 5.32 Å². The molecule has 0 atom stereocenters. The topological polar surface area (TPSA) is 217 Å². The average molecular weight is 368 g/mol. The first-order chi connectivity index (χ1) is 10.8. The summed E-state index contributed by atoms with van der Waals surface area (Å²) in [5.74, 6) is 2.65. The van der Waals surface area contributed by atoms with E-state index in [1.54, 1.807) is 0 Å². The molecule has 0 aromatic heterocycles. The number of aliphatic carboxylic acids is 2. The third-order valence-corrected chi connectivity index (χ3v) is 1.88. The predicted octanol–water partition coefficient (Wildman–Crippen LogP) is -1.01. The maximum atomic E-state index is 9.88. The normalized spacial score (nSPS) is 9.88. The molecule has 0 aliphatic rings. The summed E-state index contributed by atoms with van der Waals surface area (Å²) in [6.07, 6.45) is 0. The first kappa shape index (κ1) is 23.8. The highest BCUT2D eigenvalue weighted by Gasteiger charge is 2.07. The Morgan fingerprint density at radius 3 is 1.67 bits per heavy atom. The fraction of sp³-hybridized carbons (Fsp3) is 0.273. The molecule has 0 radical (unpaired) electrons. The summed E-state index contributed by atoms with van der Waals surface area (Å²) in [4.78, 5) is 19.8. The van der Waals surface area contributed by atoms with Gasteiger partial charge in [-0.05, 0) is 24.3 Å². The maximum Gasteiger partial charge on any atom is 0.394 e. The molecular weight excluding hydrogens is 348 g/mol. The number of nitrogens with one attached hydrogen (secondary N) is 1. The van der Waals surface area contributed by atoms with Gasteiger partial charge in [0.1, 0.15) is 13.1 Å². The van der Waals surface area contributed by atoms with Gasteiger partial charge in [-0.15, -0.1) is 0 Å². The van der Waals surface area contributed by atoms with Gasteiger partial charge in [0, 0.05) is 18.4 Å². The van der Waals surface area contributed by atoms with Crippen LogP contribution >= 0.6 is 0 Å². The molecule has 13 heteroatoms. The van der Waals surface area contributed by atoms with Crippen LogP contribution in [0.1, 0.15) is 0 Å². The van der Waals surface area contributed by atoms with E-state index in [1.165, 1.54) is 0 Å². The fourth-order valence-electron chi connectivity index (χ4n) is 1.05. The molecule has 0 unspecified atom stereocenters. The zero-order valence-electron chi connectivity index (χ0n) is 12.7. The van der Waals surface area contributed by atoms with Crippen molar-refractivity contribution in [3.63, 3.8) is 0 Å². The molecule has 138 valence electrons. The van der Waals surface area contributed by atoms with Crippen molar-refractivity contribution >= 4 is 33.7 Å². The van der Waals surface area contributed by atoms with E-state index in [4.69, 9.17) is 39.3 Å². The standard InChI is InChI=1S/C7H10N2.C4H8N2O4.H2O4S/c1-9-7-4-2-6(8)3-5-7;5-6(1-3(7)8)2-4(9)10;1-5(2,3)4/h2-5,9H,8H2,1H3;1-2,5H2,(H,7,8)(H,9,10);(H2,1,2,3,4). The Labute approximate surface area is 138 Å². The highest BCUT2D eigenvalue weighted by molar-refractivity contribution is 7.79. The van der Waals surface area contributed by atoms with Crippen LogP contribution in [0.3, 0.4) is 0 Å². The molecule has 24 heavy (non-hydrogen) atoms. The Morgan fingerprint density at radius 2 is 1.42 bits per heavy atom. The smallest absolute Gasteiger partial charge is 0.394 e. The summed E-state index contributed by atoms with van der Waals surface area (Å²) in [5.41, 5.74) is 7.34. The van der Waals surface area contributed by atoms with Gasteiger partial charge in [0.05, 0.1) is 0 Å². The third kappa shape index (κ3) is 21.8. The van der Waals surface area contributed by atoms with Crippen molar-refractivity contribution < 1.29 is 37.3 Å². The van der Waals surface area contributed by atoms with Crippen molar-refractivity contribution in [1.82, 2.24) is 5.01 Å². The fourth-order valence-corrected chi connectivity index (χ4v) is 1.05. The van der Waals surface area contributed by atoms with Crippen LogP contribution in [0.15, 0.2) is 24.3 Å². The summed E-state index contributed by atoms with van der Waals surface area (Å²) in [6, 6.07) is 7.61. The lowest BCUT2D eigenvalue weighted by Gasteiger charge is -2.08. The monoisotopic (exact) mass is 368 g/mol. The van der Waals surface area contributed by atoms with Gasteiger partial charge in [0.15, 0.2) is 0 Å². The molecule has 1 aromatic carbocycles. The Hall–Kier alpha value is -2.45. The van der Waals surface area contributed by atoms with Crippen molar-refractivity contribution in [2.75, 3.05) is 31.2 Å². The summed E-state index contributed by atoms with van der Waals surface area (Å²) < 4.78 is 31.6. The van der Waals surface area contributed by atoms with Crippen LogP contribution < -0.4 is 16.9 Å². The van der Waals surface area contributed by atoms with Crippen LogP contribution in [0.2, 0.25) is 0 Å². The van der Waals surface area contributed by atoms with Crippen LogP contribution in [-0.4, -0.2) is 64.8 Å². The summed E-state index contributed by atoms with van der Waals surface area (Å²) in [5, 5.41) is 19.9. The molecule has 0 aliphatic heterocycles. The highest BCUT2D eigenvalue weighted by atomic mass is 32.3. The number of carboxylic acid groups (broad SMARTS) is 2. The zero-order chi connectivity index (χ0) is 19.3. The minimum absolute atomic E-state index is 0.466. The summed E-state index contributed by atoms with van der Waals surface area (Å²) in [7, 11) is -2.79. The second-order valence-electron chi connectivity index (χ2n) is 4.01. The van der Waals surface area contributed by atoms with Crippen molar-refractivity contribution in [2.45, 2.75) is 0 Å². The maximum absolute atomic E-state index is 9.88. The lowest BCUT2D eigenvalue weighted by Crippen LogP contribution is -2.39. The number of carbonyl (C=O) groups is 2. The zero-order valence-corrected chi connectivity index (χ0v) is 13.5. The van der Waals surface area contributed by atoms with Gasteiger partial charge in [-0.2, -0.15) is 8.42 Å². The van der Waals surface area contributed by atoms with E-state index in [1.807, 2.05) is 31.3 Å². The van der Waals surface area contributed by atoms with Crippen LogP contribution in [-0.2, 0) is 20.0 Å². The molecule has 0 bridgehead atoms. The number of hydrazine groups is 1. The Bertz CT molecular complexity index is 581. The first-order valence-electron chi connectivity index (χ1n) is 6.01. The summed E-state index contributed by atoms with van der Waals surface area (Å²) >= 11 is 0. The van der Waals surface area contributed by atoms with E-state index in [-0.39, 0.29) is 0 Å². The Kier molecular flexibility index (Phi) is 11.9. The summed E-state index contributed by atoms with van der Waals surface area (Å²) in [6.45, 7) is -0.932. The number of carboxylic acids is 2. The van der Waals surface area contributed by atoms with Gasteiger partial charge in [-0.3, -0.25) is 24.5 Å². The number of hydrogen-bond acceptors (Lipinski definition) is 8. The van der Waals surface area contributed by atoms with E-state index >= 15 is 0 Å². The highest BCUT2D eigenvalue weighted by Crippen LogP contribution is 2.08. The van der Waals surface area contributed by atoms with Crippen molar-refractivity contribution in [3.05, 3.63) is 24.3 Å². The molecule has 0 spiro atoms. The van der Waals surface area contributed by atoms with Gasteiger partial charge in [0.2, 0.25) is 0 Å². The Morgan fingerprint density at radius 1 is 1.08 bits per heavy atom. The van der Waals surface area contributed by atoms with E-state index in [0.717, 1.165) is 11.4 Å². The van der Waals surface area contributed by atoms with Gasteiger partial charge in [-0.25, -0.2) is 5.01 Å².